The first kappa shape index (κ1) is 16.9. The van der Waals surface area contributed by atoms with Gasteiger partial charge in [-0.2, -0.15) is 0 Å². The molecule has 0 bridgehead atoms. The smallest absolute Gasteiger partial charge is 0.253 e. The number of morpholine rings is 1. The van der Waals surface area contributed by atoms with E-state index in [-0.39, 0.29) is 11.8 Å². The minimum absolute atomic E-state index is 0.0181. The molecule has 6 nitrogen and oxygen atoms in total. The molecule has 20 heavy (non-hydrogen) atoms. The number of hydrogen-bond acceptors (Lipinski definition) is 4. The van der Waals surface area contributed by atoms with Crippen molar-refractivity contribution >= 4 is 11.8 Å². The van der Waals surface area contributed by atoms with Gasteiger partial charge in [0, 0.05) is 26.6 Å². The topological polar surface area (TPSA) is 61.9 Å². The summed E-state index contributed by atoms with van der Waals surface area (Å²) in [7, 11) is 0. The van der Waals surface area contributed by atoms with Crippen molar-refractivity contribution in [3.05, 3.63) is 0 Å². The number of amides is 2. The minimum atomic E-state index is -0.937. The van der Waals surface area contributed by atoms with Gasteiger partial charge >= 0.3 is 0 Å². The molecule has 0 aromatic heterocycles. The summed E-state index contributed by atoms with van der Waals surface area (Å²) in [4.78, 5) is 27.6. The number of likely N-dealkylation sites (N-methyl/N-ethyl adjacent to an activating group) is 1. The van der Waals surface area contributed by atoms with Gasteiger partial charge in [-0.05, 0) is 20.0 Å². The van der Waals surface area contributed by atoms with Crippen molar-refractivity contribution in [2.24, 2.45) is 0 Å². The number of ether oxygens (including phenoxy) is 1. The predicted molar refractivity (Wildman–Crippen MR) is 77.4 cm³/mol. The van der Waals surface area contributed by atoms with E-state index in [0.717, 1.165) is 19.6 Å². The molecule has 1 rings (SSSR count). The summed E-state index contributed by atoms with van der Waals surface area (Å²) in [5.74, 6) is -0.161. The quantitative estimate of drug-likeness (QED) is 0.751. The zero-order chi connectivity index (χ0) is 15.2. The lowest BCUT2D eigenvalue weighted by atomic mass is 10.0. The number of nitrogens with zero attached hydrogens (tertiary/aromatic N) is 2. The van der Waals surface area contributed by atoms with Crippen LogP contribution in [0, 0.1) is 0 Å². The Kier molecular flexibility index (Phi) is 6.42. The maximum Gasteiger partial charge on any atom is 0.253 e. The fourth-order valence-electron chi connectivity index (χ4n) is 2.33. The van der Waals surface area contributed by atoms with Gasteiger partial charge in [-0.3, -0.25) is 9.59 Å². The number of carbonyl (C=O) groups excluding carboxylic acids is 2. The molecule has 1 saturated heterocycles. The molecule has 2 amide bonds. The summed E-state index contributed by atoms with van der Waals surface area (Å²) in [6.07, 6.45) is 0. The van der Waals surface area contributed by atoms with Crippen LogP contribution in [0.1, 0.15) is 27.7 Å². The predicted octanol–water partition coefficient (Wildman–Crippen LogP) is 0.0818. The lowest BCUT2D eigenvalue weighted by Gasteiger charge is -2.39. The Morgan fingerprint density at radius 1 is 1.35 bits per heavy atom. The molecular weight excluding hydrogens is 258 g/mol. The first-order chi connectivity index (χ1) is 9.42. The van der Waals surface area contributed by atoms with Gasteiger partial charge in [0.1, 0.15) is 0 Å². The molecule has 0 radical (unpaired) electrons. The van der Waals surface area contributed by atoms with Crippen LogP contribution in [0.4, 0.5) is 0 Å². The molecule has 0 aromatic carbocycles. The second-order valence-corrected chi connectivity index (χ2v) is 5.30. The van der Waals surface area contributed by atoms with Crippen LogP contribution in [-0.2, 0) is 14.3 Å². The molecule has 0 unspecified atom stereocenters. The van der Waals surface area contributed by atoms with Crippen molar-refractivity contribution in [2.45, 2.75) is 33.3 Å². The molecule has 0 aromatic rings. The summed E-state index contributed by atoms with van der Waals surface area (Å²) in [5.41, 5.74) is -0.937. The second kappa shape index (κ2) is 7.59. The summed E-state index contributed by atoms with van der Waals surface area (Å²) >= 11 is 0. The van der Waals surface area contributed by atoms with E-state index in [2.05, 4.69) is 24.1 Å². The first-order valence-electron chi connectivity index (χ1n) is 7.33. The van der Waals surface area contributed by atoms with Gasteiger partial charge in [0.15, 0.2) is 5.60 Å². The van der Waals surface area contributed by atoms with Crippen molar-refractivity contribution in [2.75, 3.05) is 45.9 Å². The van der Waals surface area contributed by atoms with Gasteiger partial charge in [0.2, 0.25) is 5.91 Å². The summed E-state index contributed by atoms with van der Waals surface area (Å²) in [5, 5.41) is 2.91. The number of nitrogens with one attached hydrogen (secondary N) is 1. The molecule has 1 fully saturated rings. The lowest BCUT2D eigenvalue weighted by Crippen LogP contribution is -2.59. The Morgan fingerprint density at radius 3 is 2.55 bits per heavy atom. The third kappa shape index (κ3) is 4.45. The molecule has 116 valence electrons. The largest absolute Gasteiger partial charge is 0.362 e. The minimum Gasteiger partial charge on any atom is -0.362 e. The summed E-state index contributed by atoms with van der Waals surface area (Å²) < 4.78 is 5.60. The molecule has 1 heterocycles. The van der Waals surface area contributed by atoms with Crippen molar-refractivity contribution in [3.8, 4) is 0 Å². The SMILES string of the molecule is CCN(CC)CCNC(=O)[C@]1(C)CN(C(C)=O)CCO1. The maximum absolute atomic E-state index is 12.3. The number of carbonyl (C=O) groups is 2. The monoisotopic (exact) mass is 285 g/mol. The van der Waals surface area contributed by atoms with Crippen LogP contribution in [-0.4, -0.2) is 73.1 Å². The average molecular weight is 285 g/mol. The number of rotatable bonds is 6. The Hall–Kier alpha value is -1.14. The van der Waals surface area contributed by atoms with E-state index >= 15 is 0 Å². The van der Waals surface area contributed by atoms with Crippen molar-refractivity contribution < 1.29 is 14.3 Å². The molecule has 1 atom stereocenters. The third-order valence-corrected chi connectivity index (χ3v) is 3.81. The van der Waals surface area contributed by atoms with E-state index in [1.165, 1.54) is 6.92 Å². The van der Waals surface area contributed by atoms with Crippen LogP contribution in [0.2, 0.25) is 0 Å². The van der Waals surface area contributed by atoms with Crippen LogP contribution >= 0.6 is 0 Å². The van der Waals surface area contributed by atoms with E-state index in [9.17, 15) is 9.59 Å². The molecule has 0 saturated carbocycles. The molecular formula is C14H27N3O3. The highest BCUT2D eigenvalue weighted by Gasteiger charge is 2.39. The molecule has 1 N–H and O–H groups in total. The highest BCUT2D eigenvalue weighted by Crippen LogP contribution is 2.17. The lowest BCUT2D eigenvalue weighted by molar-refractivity contribution is -0.162. The third-order valence-electron chi connectivity index (χ3n) is 3.81. The number of hydrogen-bond donors (Lipinski definition) is 1. The van der Waals surface area contributed by atoms with Crippen LogP contribution in [0.25, 0.3) is 0 Å². The highest BCUT2D eigenvalue weighted by molar-refractivity contribution is 5.86. The summed E-state index contributed by atoms with van der Waals surface area (Å²) in [6, 6.07) is 0. The molecule has 1 aliphatic rings. The van der Waals surface area contributed by atoms with Gasteiger partial charge in [0.05, 0.1) is 13.2 Å². The van der Waals surface area contributed by atoms with E-state index in [4.69, 9.17) is 4.74 Å². The van der Waals surface area contributed by atoms with Crippen LogP contribution < -0.4 is 5.32 Å². The fourth-order valence-corrected chi connectivity index (χ4v) is 2.33. The van der Waals surface area contributed by atoms with Gasteiger partial charge in [-0.15, -0.1) is 0 Å². The standard InChI is InChI=1S/C14H27N3O3/c1-5-16(6-2)8-7-15-13(19)14(4)11-17(12(3)18)9-10-20-14/h5-11H2,1-4H3,(H,15,19)/t14-/m0/s1. The molecule has 0 aliphatic carbocycles. The van der Waals surface area contributed by atoms with Crippen molar-refractivity contribution in [1.29, 1.82) is 0 Å². The highest BCUT2D eigenvalue weighted by atomic mass is 16.5. The Morgan fingerprint density at radius 2 is 2.00 bits per heavy atom. The Balaban J connectivity index is 2.46. The summed E-state index contributed by atoms with van der Waals surface area (Å²) in [6.45, 7) is 12.1. The zero-order valence-corrected chi connectivity index (χ0v) is 13.1. The van der Waals surface area contributed by atoms with Crippen LogP contribution in [0.5, 0.6) is 0 Å². The first-order valence-corrected chi connectivity index (χ1v) is 7.33. The van der Waals surface area contributed by atoms with Crippen molar-refractivity contribution in [1.82, 2.24) is 15.1 Å². The Bertz CT molecular complexity index is 345. The van der Waals surface area contributed by atoms with Crippen LogP contribution in [0.3, 0.4) is 0 Å². The van der Waals surface area contributed by atoms with E-state index in [1.807, 2.05) is 0 Å². The molecule has 1 aliphatic heterocycles. The van der Waals surface area contributed by atoms with Gasteiger partial charge in [-0.25, -0.2) is 0 Å². The van der Waals surface area contributed by atoms with Crippen LogP contribution in [0.15, 0.2) is 0 Å². The van der Waals surface area contributed by atoms with Crippen molar-refractivity contribution in [3.63, 3.8) is 0 Å². The van der Waals surface area contributed by atoms with E-state index in [1.54, 1.807) is 11.8 Å². The zero-order valence-electron chi connectivity index (χ0n) is 13.1. The van der Waals surface area contributed by atoms with Gasteiger partial charge in [-0.1, -0.05) is 13.8 Å². The molecule has 6 heteroatoms. The Labute approximate surface area is 121 Å². The van der Waals surface area contributed by atoms with Gasteiger partial charge < -0.3 is 19.9 Å². The van der Waals surface area contributed by atoms with E-state index < -0.39 is 5.60 Å². The fraction of sp³-hybridized carbons (Fsp3) is 0.857. The maximum atomic E-state index is 12.3. The second-order valence-electron chi connectivity index (χ2n) is 5.30. The van der Waals surface area contributed by atoms with E-state index in [0.29, 0.717) is 26.2 Å². The normalized spacial score (nSPS) is 22.9. The van der Waals surface area contributed by atoms with Gasteiger partial charge in [0.25, 0.3) is 5.91 Å². The molecule has 0 spiro atoms. The average Bonchev–Trinajstić information content (AvgIpc) is 2.43.